The highest BCUT2D eigenvalue weighted by atomic mass is 16.5. The van der Waals surface area contributed by atoms with E-state index >= 15 is 0 Å². The van der Waals surface area contributed by atoms with Gasteiger partial charge in [0, 0.05) is 25.9 Å². The molecule has 0 unspecified atom stereocenters. The van der Waals surface area contributed by atoms with Gasteiger partial charge in [-0.15, -0.1) is 0 Å². The first-order chi connectivity index (χ1) is 11.6. The number of rotatable bonds is 2. The molecule has 0 aromatic carbocycles. The third-order valence-corrected chi connectivity index (χ3v) is 4.73. The van der Waals surface area contributed by atoms with Crippen molar-refractivity contribution in [3.8, 4) is 11.4 Å². The van der Waals surface area contributed by atoms with E-state index in [1.165, 1.54) is 12.4 Å². The maximum Gasteiger partial charge on any atom is 0.255 e. The van der Waals surface area contributed by atoms with Gasteiger partial charge in [-0.25, -0.2) is 15.0 Å². The van der Waals surface area contributed by atoms with Crippen LogP contribution < -0.4 is 10.5 Å². The Morgan fingerprint density at radius 1 is 1.38 bits per heavy atom. The lowest BCUT2D eigenvalue weighted by Gasteiger charge is -2.39. The van der Waals surface area contributed by atoms with Crippen molar-refractivity contribution in [2.24, 2.45) is 7.05 Å². The number of anilines is 1. The minimum absolute atomic E-state index is 0.0810. The van der Waals surface area contributed by atoms with Crippen molar-refractivity contribution in [1.29, 1.82) is 0 Å². The molecule has 7 heteroatoms. The van der Waals surface area contributed by atoms with Gasteiger partial charge in [-0.1, -0.05) is 12.2 Å². The molecule has 1 aliphatic carbocycles. The summed E-state index contributed by atoms with van der Waals surface area (Å²) < 4.78 is 7.45. The van der Waals surface area contributed by atoms with E-state index in [0.29, 0.717) is 30.5 Å². The highest BCUT2D eigenvalue weighted by Crippen LogP contribution is 2.35. The number of fused-ring (bicyclic) bond motifs is 1. The minimum Gasteiger partial charge on any atom is -0.374 e. The van der Waals surface area contributed by atoms with Crippen molar-refractivity contribution in [2.75, 3.05) is 18.1 Å². The van der Waals surface area contributed by atoms with Gasteiger partial charge in [0.2, 0.25) is 5.95 Å². The lowest BCUT2D eigenvalue weighted by Crippen LogP contribution is -2.51. The largest absolute Gasteiger partial charge is 0.374 e. The SMILES string of the molecule is C=C1CC[C@@H]2OCCN(c3nc(-c4ccncn4)cc(=O)n3C)[C@@H]12. The normalized spacial score (nSPS) is 23.4. The molecule has 0 bridgehead atoms. The lowest BCUT2D eigenvalue weighted by atomic mass is 10.1. The predicted molar refractivity (Wildman–Crippen MR) is 89.8 cm³/mol. The van der Waals surface area contributed by atoms with Gasteiger partial charge in [-0.05, 0) is 18.9 Å². The van der Waals surface area contributed by atoms with E-state index < -0.39 is 0 Å². The summed E-state index contributed by atoms with van der Waals surface area (Å²) in [6.45, 7) is 5.50. The molecular formula is C17H19N5O2. The number of hydrogen-bond acceptors (Lipinski definition) is 6. The van der Waals surface area contributed by atoms with Gasteiger partial charge in [0.1, 0.15) is 6.33 Å². The zero-order valence-electron chi connectivity index (χ0n) is 13.6. The zero-order valence-corrected chi connectivity index (χ0v) is 13.6. The van der Waals surface area contributed by atoms with Crippen LogP contribution in [0.25, 0.3) is 11.4 Å². The molecule has 2 aromatic heterocycles. The average molecular weight is 325 g/mol. The molecule has 0 radical (unpaired) electrons. The first kappa shape index (κ1) is 15.0. The van der Waals surface area contributed by atoms with Crippen LogP contribution in [-0.2, 0) is 11.8 Å². The first-order valence-corrected chi connectivity index (χ1v) is 8.05. The van der Waals surface area contributed by atoms with Crippen LogP contribution in [0.3, 0.4) is 0 Å². The van der Waals surface area contributed by atoms with Crippen molar-refractivity contribution >= 4 is 5.95 Å². The topological polar surface area (TPSA) is 73.1 Å². The molecule has 3 heterocycles. The Bertz CT molecular complexity index is 833. The highest BCUT2D eigenvalue weighted by molar-refractivity contribution is 5.56. The number of morpholine rings is 1. The Kier molecular flexibility index (Phi) is 3.65. The third kappa shape index (κ3) is 2.41. The van der Waals surface area contributed by atoms with Gasteiger partial charge in [0.15, 0.2) is 0 Å². The summed E-state index contributed by atoms with van der Waals surface area (Å²) >= 11 is 0. The van der Waals surface area contributed by atoms with Crippen LogP contribution in [0.1, 0.15) is 12.8 Å². The second kappa shape index (κ2) is 5.83. The molecule has 0 spiro atoms. The molecule has 2 aliphatic rings. The molecule has 1 saturated carbocycles. The Hall–Kier alpha value is -2.54. The van der Waals surface area contributed by atoms with Crippen molar-refractivity contribution in [2.45, 2.75) is 25.0 Å². The second-order valence-corrected chi connectivity index (χ2v) is 6.18. The Morgan fingerprint density at radius 2 is 2.25 bits per heavy atom. The average Bonchev–Trinajstić information content (AvgIpc) is 2.99. The molecule has 0 amide bonds. The van der Waals surface area contributed by atoms with Gasteiger partial charge in [0.05, 0.1) is 30.1 Å². The Balaban J connectivity index is 1.81. The molecule has 124 valence electrons. The van der Waals surface area contributed by atoms with Gasteiger partial charge in [0.25, 0.3) is 5.56 Å². The van der Waals surface area contributed by atoms with Crippen LogP contribution in [-0.4, -0.2) is 44.8 Å². The monoisotopic (exact) mass is 325 g/mol. The molecule has 7 nitrogen and oxygen atoms in total. The van der Waals surface area contributed by atoms with Gasteiger partial charge >= 0.3 is 0 Å². The number of ether oxygens (including phenoxy) is 1. The predicted octanol–water partition coefficient (Wildman–Crippen LogP) is 1.16. The molecule has 2 fully saturated rings. The van der Waals surface area contributed by atoms with Crippen LogP contribution in [0, 0.1) is 0 Å². The third-order valence-electron chi connectivity index (χ3n) is 4.73. The highest BCUT2D eigenvalue weighted by Gasteiger charge is 2.40. The maximum absolute atomic E-state index is 12.4. The molecule has 1 aliphatic heterocycles. The Labute approximate surface area is 139 Å². The smallest absolute Gasteiger partial charge is 0.255 e. The lowest BCUT2D eigenvalue weighted by molar-refractivity contribution is 0.0289. The van der Waals surface area contributed by atoms with Gasteiger partial charge in [-0.3, -0.25) is 9.36 Å². The molecule has 2 aromatic rings. The Morgan fingerprint density at radius 3 is 3.04 bits per heavy atom. The van der Waals surface area contributed by atoms with E-state index in [1.807, 2.05) is 0 Å². The van der Waals surface area contributed by atoms with E-state index in [1.54, 1.807) is 23.9 Å². The summed E-state index contributed by atoms with van der Waals surface area (Å²) in [5.74, 6) is 0.637. The van der Waals surface area contributed by atoms with Crippen LogP contribution in [0.2, 0.25) is 0 Å². The molecular weight excluding hydrogens is 306 g/mol. The fraction of sp³-hybridized carbons (Fsp3) is 0.412. The van der Waals surface area contributed by atoms with Crippen LogP contribution in [0.5, 0.6) is 0 Å². The van der Waals surface area contributed by atoms with Crippen molar-refractivity contribution in [3.05, 3.63) is 47.2 Å². The van der Waals surface area contributed by atoms with Gasteiger partial charge < -0.3 is 9.64 Å². The second-order valence-electron chi connectivity index (χ2n) is 6.18. The molecule has 1 saturated heterocycles. The number of hydrogen-bond donors (Lipinski definition) is 0. The first-order valence-electron chi connectivity index (χ1n) is 8.05. The van der Waals surface area contributed by atoms with Crippen LogP contribution in [0.4, 0.5) is 5.95 Å². The summed E-state index contributed by atoms with van der Waals surface area (Å²) in [6, 6.07) is 3.34. The van der Waals surface area contributed by atoms with E-state index in [4.69, 9.17) is 9.72 Å². The fourth-order valence-electron chi connectivity index (χ4n) is 3.52. The fourth-order valence-corrected chi connectivity index (χ4v) is 3.52. The summed E-state index contributed by atoms with van der Waals surface area (Å²) in [4.78, 5) is 27.4. The maximum atomic E-state index is 12.4. The molecule has 0 N–H and O–H groups in total. The zero-order chi connectivity index (χ0) is 16.7. The standard InChI is InChI=1S/C17H19N5O2/c1-11-3-4-14-16(11)22(7-8-24-14)17-20-13(9-15(23)21(17)2)12-5-6-18-10-19-12/h5-6,9-10,14,16H,1,3-4,7-8H2,2H3/t14-,16-/m0/s1. The molecule has 4 rings (SSSR count). The molecule has 24 heavy (non-hydrogen) atoms. The number of nitrogens with zero attached hydrogens (tertiary/aromatic N) is 5. The van der Waals surface area contributed by atoms with E-state index in [-0.39, 0.29) is 17.7 Å². The van der Waals surface area contributed by atoms with Crippen LogP contribution in [0.15, 0.2) is 41.6 Å². The van der Waals surface area contributed by atoms with Crippen molar-refractivity contribution < 1.29 is 4.74 Å². The summed E-state index contributed by atoms with van der Waals surface area (Å²) in [7, 11) is 1.75. The van der Waals surface area contributed by atoms with Gasteiger partial charge in [-0.2, -0.15) is 0 Å². The summed E-state index contributed by atoms with van der Waals surface area (Å²) in [5, 5.41) is 0. The minimum atomic E-state index is -0.111. The molecule has 2 atom stereocenters. The van der Waals surface area contributed by atoms with E-state index in [0.717, 1.165) is 18.4 Å². The summed E-state index contributed by atoms with van der Waals surface area (Å²) in [6.07, 6.45) is 5.15. The van der Waals surface area contributed by atoms with E-state index in [2.05, 4.69) is 21.4 Å². The van der Waals surface area contributed by atoms with Crippen LogP contribution >= 0.6 is 0 Å². The number of aromatic nitrogens is 4. The quantitative estimate of drug-likeness (QED) is 0.772. The van der Waals surface area contributed by atoms with Crippen molar-refractivity contribution in [3.63, 3.8) is 0 Å². The van der Waals surface area contributed by atoms with Crippen molar-refractivity contribution in [1.82, 2.24) is 19.5 Å². The summed E-state index contributed by atoms with van der Waals surface area (Å²) in [5.41, 5.74) is 2.22. The van der Waals surface area contributed by atoms with E-state index in [9.17, 15) is 4.79 Å².